The number of likely N-dealkylation sites (tertiary alicyclic amines) is 1. The average Bonchev–Trinajstić information content (AvgIpc) is 3.04. The summed E-state index contributed by atoms with van der Waals surface area (Å²) in [5.41, 5.74) is 2.01. The van der Waals surface area contributed by atoms with Crippen LogP contribution in [0.2, 0.25) is 0 Å². The minimum absolute atomic E-state index is 0.0389. The molecule has 2 aromatic rings. The summed E-state index contributed by atoms with van der Waals surface area (Å²) in [6.45, 7) is 5.78. The summed E-state index contributed by atoms with van der Waals surface area (Å²) in [4.78, 5) is 19.2. The van der Waals surface area contributed by atoms with E-state index < -0.39 is 0 Å². The first-order valence-electron chi connectivity index (χ1n) is 8.91. The first kappa shape index (κ1) is 17.9. The molecule has 1 aromatic heterocycles. The maximum atomic E-state index is 12.2. The van der Waals surface area contributed by atoms with E-state index in [4.69, 9.17) is 4.74 Å². The molecule has 1 N–H and O–H groups in total. The molecule has 1 aliphatic heterocycles. The third-order valence-corrected chi connectivity index (χ3v) is 5.04. The molecular weight excluding hydrogens is 334 g/mol. The number of amides is 1. The molecule has 1 saturated heterocycles. The Labute approximate surface area is 153 Å². The van der Waals surface area contributed by atoms with Gasteiger partial charge >= 0.3 is 0 Å². The molecule has 1 amide bonds. The number of hydrogen-bond acceptors (Lipinski definition) is 5. The van der Waals surface area contributed by atoms with E-state index in [9.17, 15) is 4.79 Å². The van der Waals surface area contributed by atoms with Gasteiger partial charge in [-0.1, -0.05) is 18.6 Å². The quantitative estimate of drug-likeness (QED) is 0.819. The molecule has 0 saturated carbocycles. The van der Waals surface area contributed by atoms with Crippen LogP contribution >= 0.6 is 11.3 Å². The summed E-state index contributed by atoms with van der Waals surface area (Å²) in [6, 6.07) is 7.64. The van der Waals surface area contributed by atoms with E-state index in [0.717, 1.165) is 36.6 Å². The fourth-order valence-electron chi connectivity index (χ4n) is 3.00. The smallest absolute Gasteiger partial charge is 0.230 e. The third kappa shape index (κ3) is 5.54. The molecule has 1 aromatic carbocycles. The van der Waals surface area contributed by atoms with Crippen molar-refractivity contribution in [3.63, 3.8) is 0 Å². The molecule has 6 heteroatoms. The summed E-state index contributed by atoms with van der Waals surface area (Å²) >= 11 is 1.50. The van der Waals surface area contributed by atoms with Crippen molar-refractivity contribution in [3.8, 4) is 5.75 Å². The number of hydrogen-bond donors (Lipinski definition) is 1. The molecular formula is C19H25N3O2S. The van der Waals surface area contributed by atoms with Gasteiger partial charge in [0.15, 0.2) is 5.13 Å². The van der Waals surface area contributed by atoms with E-state index in [-0.39, 0.29) is 5.91 Å². The molecule has 1 fully saturated rings. The molecule has 3 rings (SSSR count). The largest absolute Gasteiger partial charge is 0.494 e. The molecule has 0 bridgehead atoms. The van der Waals surface area contributed by atoms with Gasteiger partial charge in [-0.05, 0) is 50.6 Å². The lowest BCUT2D eigenvalue weighted by molar-refractivity contribution is -0.115. The Morgan fingerprint density at radius 1 is 1.24 bits per heavy atom. The van der Waals surface area contributed by atoms with Gasteiger partial charge in [0.1, 0.15) is 5.75 Å². The van der Waals surface area contributed by atoms with Crippen LogP contribution in [0.5, 0.6) is 5.75 Å². The number of anilines is 1. The summed E-state index contributed by atoms with van der Waals surface area (Å²) in [7, 11) is 0. The van der Waals surface area contributed by atoms with Crippen LogP contribution in [0.25, 0.3) is 0 Å². The zero-order chi connectivity index (χ0) is 17.5. The molecule has 0 aliphatic carbocycles. The van der Waals surface area contributed by atoms with E-state index in [2.05, 4.69) is 15.2 Å². The van der Waals surface area contributed by atoms with Crippen LogP contribution in [0.1, 0.15) is 37.4 Å². The number of thiazole rings is 1. The Balaban J connectivity index is 1.49. The van der Waals surface area contributed by atoms with Gasteiger partial charge in [-0.25, -0.2) is 4.98 Å². The van der Waals surface area contributed by atoms with Crippen LogP contribution in [-0.2, 0) is 17.8 Å². The summed E-state index contributed by atoms with van der Waals surface area (Å²) < 4.78 is 5.41. The summed E-state index contributed by atoms with van der Waals surface area (Å²) in [5.74, 6) is 0.789. The maximum Gasteiger partial charge on any atom is 0.230 e. The topological polar surface area (TPSA) is 54.5 Å². The standard InChI is InChI=1S/C19H25N3O2S/c1-2-24-17-8-6-15(7-9-17)12-18(23)21-19-20-16(14-25-19)13-22-10-4-3-5-11-22/h6-9,14H,2-5,10-13H2,1H3,(H,20,21,23). The van der Waals surface area contributed by atoms with Crippen LogP contribution in [-0.4, -0.2) is 35.5 Å². The van der Waals surface area contributed by atoms with E-state index in [1.165, 1.54) is 30.6 Å². The fourth-order valence-corrected chi connectivity index (χ4v) is 3.72. The number of rotatable bonds is 7. The number of aromatic nitrogens is 1. The number of ether oxygens (including phenoxy) is 1. The Hall–Kier alpha value is -1.92. The Bertz CT molecular complexity index is 678. The monoisotopic (exact) mass is 359 g/mol. The van der Waals surface area contributed by atoms with Gasteiger partial charge in [-0.2, -0.15) is 0 Å². The SMILES string of the molecule is CCOc1ccc(CC(=O)Nc2nc(CN3CCCCC3)cs2)cc1. The van der Waals surface area contributed by atoms with Crippen LogP contribution in [0.3, 0.4) is 0 Å². The highest BCUT2D eigenvalue weighted by Gasteiger charge is 2.13. The van der Waals surface area contributed by atoms with Gasteiger partial charge < -0.3 is 10.1 Å². The van der Waals surface area contributed by atoms with Crippen molar-refractivity contribution in [3.05, 3.63) is 40.9 Å². The second-order valence-corrected chi connectivity index (χ2v) is 7.14. The molecule has 0 unspecified atom stereocenters. The van der Waals surface area contributed by atoms with Crippen molar-refractivity contribution < 1.29 is 9.53 Å². The molecule has 0 atom stereocenters. The van der Waals surface area contributed by atoms with Gasteiger partial charge in [-0.15, -0.1) is 11.3 Å². The molecule has 25 heavy (non-hydrogen) atoms. The van der Waals surface area contributed by atoms with Crippen molar-refractivity contribution in [1.29, 1.82) is 0 Å². The number of benzene rings is 1. The molecule has 134 valence electrons. The predicted octanol–water partition coefficient (Wildman–Crippen LogP) is 3.71. The summed E-state index contributed by atoms with van der Waals surface area (Å²) in [5, 5.41) is 5.63. The van der Waals surface area contributed by atoms with Crippen LogP contribution in [0.15, 0.2) is 29.6 Å². The Morgan fingerprint density at radius 3 is 2.72 bits per heavy atom. The number of nitrogens with one attached hydrogen (secondary N) is 1. The van der Waals surface area contributed by atoms with Crippen molar-refractivity contribution in [2.24, 2.45) is 0 Å². The zero-order valence-corrected chi connectivity index (χ0v) is 15.5. The number of nitrogens with zero attached hydrogens (tertiary/aromatic N) is 2. The highest BCUT2D eigenvalue weighted by atomic mass is 32.1. The molecule has 2 heterocycles. The van der Waals surface area contributed by atoms with E-state index in [1.54, 1.807) is 0 Å². The Kier molecular flexibility index (Phi) is 6.42. The number of carbonyl (C=O) groups excluding carboxylic acids is 1. The van der Waals surface area contributed by atoms with Gasteiger partial charge in [0, 0.05) is 11.9 Å². The lowest BCUT2D eigenvalue weighted by Crippen LogP contribution is -2.29. The van der Waals surface area contributed by atoms with Crippen molar-refractivity contribution in [2.75, 3.05) is 25.0 Å². The second kappa shape index (κ2) is 8.97. The third-order valence-electron chi connectivity index (χ3n) is 4.23. The molecule has 1 aliphatic rings. The average molecular weight is 359 g/mol. The minimum atomic E-state index is -0.0389. The number of carbonyl (C=O) groups is 1. The van der Waals surface area contributed by atoms with E-state index in [0.29, 0.717) is 18.2 Å². The maximum absolute atomic E-state index is 12.2. The van der Waals surface area contributed by atoms with E-state index in [1.807, 2.05) is 36.6 Å². The van der Waals surface area contributed by atoms with Crippen molar-refractivity contribution in [1.82, 2.24) is 9.88 Å². The second-order valence-electron chi connectivity index (χ2n) is 6.28. The fraction of sp³-hybridized carbons (Fsp3) is 0.474. The van der Waals surface area contributed by atoms with Crippen LogP contribution in [0, 0.1) is 0 Å². The van der Waals surface area contributed by atoms with Gasteiger partial charge in [0.2, 0.25) is 5.91 Å². The van der Waals surface area contributed by atoms with E-state index >= 15 is 0 Å². The molecule has 0 radical (unpaired) electrons. The normalized spacial score (nSPS) is 15.1. The van der Waals surface area contributed by atoms with Crippen LogP contribution in [0.4, 0.5) is 5.13 Å². The van der Waals surface area contributed by atoms with Gasteiger partial charge in [0.25, 0.3) is 0 Å². The van der Waals surface area contributed by atoms with Crippen molar-refractivity contribution >= 4 is 22.4 Å². The first-order chi connectivity index (χ1) is 12.2. The van der Waals surface area contributed by atoms with Gasteiger partial charge in [0.05, 0.1) is 18.7 Å². The summed E-state index contributed by atoms with van der Waals surface area (Å²) in [6.07, 6.45) is 4.22. The highest BCUT2D eigenvalue weighted by molar-refractivity contribution is 7.13. The minimum Gasteiger partial charge on any atom is -0.494 e. The zero-order valence-electron chi connectivity index (χ0n) is 14.7. The predicted molar refractivity (Wildman–Crippen MR) is 101 cm³/mol. The molecule has 5 nitrogen and oxygen atoms in total. The van der Waals surface area contributed by atoms with Crippen molar-refractivity contribution in [2.45, 2.75) is 39.2 Å². The highest BCUT2D eigenvalue weighted by Crippen LogP contribution is 2.19. The van der Waals surface area contributed by atoms with Crippen LogP contribution < -0.4 is 10.1 Å². The molecule has 0 spiro atoms. The lowest BCUT2D eigenvalue weighted by atomic mass is 10.1. The Morgan fingerprint density at radius 2 is 2.00 bits per heavy atom. The first-order valence-corrected chi connectivity index (χ1v) is 9.79. The van der Waals surface area contributed by atoms with Gasteiger partial charge in [-0.3, -0.25) is 9.69 Å². The lowest BCUT2D eigenvalue weighted by Gasteiger charge is -2.25. The number of piperidine rings is 1.